The fraction of sp³-hybridized carbons (Fsp3) is 0.471. The average molecular weight is 342 g/mol. The van der Waals surface area contributed by atoms with Crippen molar-refractivity contribution >= 4 is 5.84 Å². The van der Waals surface area contributed by atoms with Crippen LogP contribution < -0.4 is 15.2 Å². The van der Waals surface area contributed by atoms with E-state index >= 15 is 0 Å². The van der Waals surface area contributed by atoms with Gasteiger partial charge in [0.25, 0.3) is 5.91 Å². The van der Waals surface area contributed by atoms with Crippen molar-refractivity contribution < 1.29 is 18.9 Å². The topological polar surface area (TPSA) is 123 Å². The third kappa shape index (κ3) is 1.63. The van der Waals surface area contributed by atoms with E-state index in [9.17, 15) is 10.5 Å². The number of hydrogen-bond donors (Lipinski definition) is 1. The predicted molar refractivity (Wildman–Crippen MR) is 86.8 cm³/mol. The molecule has 2 aliphatic rings. The zero-order valence-electron chi connectivity index (χ0n) is 14.4. The number of rotatable bonds is 5. The third-order valence-corrected chi connectivity index (χ3v) is 5.22. The van der Waals surface area contributed by atoms with Gasteiger partial charge in [0.05, 0.1) is 26.4 Å². The summed E-state index contributed by atoms with van der Waals surface area (Å²) < 4.78 is 21.4. The van der Waals surface area contributed by atoms with Crippen LogP contribution in [0.15, 0.2) is 23.2 Å². The Morgan fingerprint density at radius 1 is 1.04 bits per heavy atom. The number of ether oxygens (including phenoxy) is 4. The summed E-state index contributed by atoms with van der Waals surface area (Å²) in [4.78, 5) is 4.17. The minimum atomic E-state index is -1.64. The van der Waals surface area contributed by atoms with Crippen molar-refractivity contribution in [2.24, 2.45) is 21.6 Å². The Kier molecular flexibility index (Phi) is 3.64. The van der Waals surface area contributed by atoms with Gasteiger partial charge in [0.2, 0.25) is 0 Å². The normalized spacial score (nSPS) is 31.3. The molecule has 3 rings (SSSR count). The summed E-state index contributed by atoms with van der Waals surface area (Å²) in [6.45, 7) is 0. The number of hydrogen-bond acceptors (Lipinski definition) is 8. The molecule has 0 unspecified atom stereocenters. The lowest BCUT2D eigenvalue weighted by atomic mass is 9.93. The summed E-state index contributed by atoms with van der Waals surface area (Å²) in [7, 11) is 5.79. The number of nitrogens with zero attached hydrogens (tertiary/aromatic N) is 3. The molecule has 130 valence electrons. The molecule has 8 heteroatoms. The van der Waals surface area contributed by atoms with E-state index in [1.807, 2.05) is 0 Å². The lowest BCUT2D eigenvalue weighted by Crippen LogP contribution is -2.41. The Bertz CT molecular complexity index is 836. The molecular weight excluding hydrogens is 324 g/mol. The van der Waals surface area contributed by atoms with Gasteiger partial charge in [-0.05, 0) is 17.7 Å². The van der Waals surface area contributed by atoms with Crippen LogP contribution in [0.5, 0.6) is 11.5 Å². The summed E-state index contributed by atoms with van der Waals surface area (Å²) in [6.07, 6.45) is 0. The van der Waals surface area contributed by atoms with Crippen LogP contribution in [-0.4, -0.2) is 40.2 Å². The molecule has 1 aliphatic carbocycles. The van der Waals surface area contributed by atoms with Gasteiger partial charge in [-0.2, -0.15) is 10.5 Å². The van der Waals surface area contributed by atoms with Crippen molar-refractivity contribution in [3.8, 4) is 23.6 Å². The average Bonchev–Trinajstić information content (AvgIpc) is 3.23. The van der Waals surface area contributed by atoms with E-state index in [1.165, 1.54) is 28.4 Å². The summed E-state index contributed by atoms with van der Waals surface area (Å²) in [5, 5.41) is 19.9. The first-order valence-corrected chi connectivity index (χ1v) is 7.49. The van der Waals surface area contributed by atoms with Crippen LogP contribution in [-0.2, 0) is 9.47 Å². The van der Waals surface area contributed by atoms with Crippen LogP contribution in [0, 0.1) is 33.5 Å². The highest BCUT2D eigenvalue weighted by molar-refractivity contribution is 6.00. The Labute approximate surface area is 145 Å². The Balaban J connectivity index is 2.21. The van der Waals surface area contributed by atoms with Gasteiger partial charge in [-0.15, -0.1) is 0 Å². The van der Waals surface area contributed by atoms with Gasteiger partial charge in [0.1, 0.15) is 11.3 Å². The van der Waals surface area contributed by atoms with Gasteiger partial charge < -0.3 is 24.7 Å². The monoisotopic (exact) mass is 342 g/mol. The summed E-state index contributed by atoms with van der Waals surface area (Å²) in [5.41, 5.74) is 4.05. The lowest BCUT2D eigenvalue weighted by Gasteiger charge is -2.29. The molecule has 1 heterocycles. The number of fused-ring (bicyclic) bond motifs is 1. The molecule has 1 aliphatic heterocycles. The smallest absolute Gasteiger partial charge is 0.292 e. The van der Waals surface area contributed by atoms with Crippen LogP contribution >= 0.6 is 0 Å². The second-order valence-corrected chi connectivity index (χ2v) is 5.87. The standard InChI is InChI=1S/C17H18N4O4/c1-22-11-6-5-10(7-12(11)23-2)13-15(8-18)14(20)21-17(24-3,25-4)16(13,15)9-19/h5-7,13H,1-4H3,(H2,20,21)/t13-,15+,16+/m0/s1. The molecule has 3 atom stereocenters. The number of amidine groups is 1. The number of methoxy groups -OCH3 is 4. The van der Waals surface area contributed by atoms with E-state index in [-0.39, 0.29) is 5.84 Å². The van der Waals surface area contributed by atoms with Crippen molar-refractivity contribution in [1.82, 2.24) is 0 Å². The molecule has 0 aromatic heterocycles. The van der Waals surface area contributed by atoms with Crippen molar-refractivity contribution in [3.63, 3.8) is 0 Å². The zero-order valence-corrected chi connectivity index (χ0v) is 14.4. The molecule has 25 heavy (non-hydrogen) atoms. The van der Waals surface area contributed by atoms with E-state index in [0.29, 0.717) is 17.1 Å². The Hall–Kier alpha value is -2.81. The number of benzene rings is 1. The first-order valence-electron chi connectivity index (χ1n) is 7.49. The van der Waals surface area contributed by atoms with E-state index < -0.39 is 22.7 Å². The maximum absolute atomic E-state index is 9.99. The van der Waals surface area contributed by atoms with E-state index in [0.717, 1.165) is 0 Å². The van der Waals surface area contributed by atoms with Crippen molar-refractivity contribution in [2.45, 2.75) is 11.8 Å². The van der Waals surface area contributed by atoms with Gasteiger partial charge in [-0.3, -0.25) is 0 Å². The summed E-state index contributed by atoms with van der Waals surface area (Å²) in [6, 6.07) is 9.60. The highest BCUT2D eigenvalue weighted by Crippen LogP contribution is 2.81. The summed E-state index contributed by atoms with van der Waals surface area (Å²) in [5.74, 6) is -1.16. The maximum Gasteiger partial charge on any atom is 0.292 e. The molecule has 0 spiro atoms. The molecule has 1 aromatic rings. The van der Waals surface area contributed by atoms with Gasteiger partial charge >= 0.3 is 0 Å². The van der Waals surface area contributed by atoms with Crippen molar-refractivity contribution in [1.29, 1.82) is 10.5 Å². The Morgan fingerprint density at radius 2 is 1.68 bits per heavy atom. The van der Waals surface area contributed by atoms with E-state index in [4.69, 9.17) is 24.7 Å². The second kappa shape index (κ2) is 5.35. The van der Waals surface area contributed by atoms with Gasteiger partial charge in [0, 0.05) is 20.1 Å². The second-order valence-electron chi connectivity index (χ2n) is 5.87. The first-order chi connectivity index (χ1) is 12.0. The SMILES string of the molecule is COc1ccc([C@H]2[C@]3(C#N)C(N)=NC(OC)(OC)[C@]23C#N)cc1OC. The lowest BCUT2D eigenvalue weighted by molar-refractivity contribution is -0.230. The molecule has 2 N–H and O–H groups in total. The maximum atomic E-state index is 9.99. The largest absolute Gasteiger partial charge is 0.493 e. The zero-order chi connectivity index (χ0) is 18.5. The molecule has 1 fully saturated rings. The fourth-order valence-corrected chi connectivity index (χ4v) is 4.05. The van der Waals surface area contributed by atoms with Crippen molar-refractivity contribution in [3.05, 3.63) is 23.8 Å². The van der Waals surface area contributed by atoms with Gasteiger partial charge in [-0.1, -0.05) is 6.07 Å². The molecule has 0 bridgehead atoms. The molecule has 1 saturated carbocycles. The number of nitriles is 2. The van der Waals surface area contributed by atoms with Crippen LogP contribution in [0.4, 0.5) is 0 Å². The third-order valence-electron chi connectivity index (χ3n) is 5.22. The fourth-order valence-electron chi connectivity index (χ4n) is 4.05. The highest BCUT2D eigenvalue weighted by Gasteiger charge is 2.93. The van der Waals surface area contributed by atoms with Gasteiger partial charge in [-0.25, -0.2) is 4.99 Å². The molecular formula is C17H18N4O4. The van der Waals surface area contributed by atoms with Crippen LogP contribution in [0.1, 0.15) is 11.5 Å². The van der Waals surface area contributed by atoms with E-state index in [1.54, 1.807) is 18.2 Å². The van der Waals surface area contributed by atoms with Crippen LogP contribution in [0.2, 0.25) is 0 Å². The van der Waals surface area contributed by atoms with Gasteiger partial charge in [0.15, 0.2) is 16.9 Å². The molecule has 0 amide bonds. The minimum absolute atomic E-state index is 0.0278. The Morgan fingerprint density at radius 3 is 2.16 bits per heavy atom. The number of aliphatic imine (C=N–C) groups is 1. The first kappa shape index (κ1) is 17.0. The molecule has 0 radical (unpaired) electrons. The van der Waals surface area contributed by atoms with Crippen molar-refractivity contribution in [2.75, 3.05) is 28.4 Å². The van der Waals surface area contributed by atoms with Crippen LogP contribution in [0.25, 0.3) is 0 Å². The quantitative estimate of drug-likeness (QED) is 0.796. The van der Waals surface area contributed by atoms with Crippen LogP contribution in [0.3, 0.4) is 0 Å². The van der Waals surface area contributed by atoms with E-state index in [2.05, 4.69) is 17.1 Å². The summed E-state index contributed by atoms with van der Waals surface area (Å²) >= 11 is 0. The molecule has 0 saturated heterocycles. The molecule has 8 nitrogen and oxygen atoms in total. The minimum Gasteiger partial charge on any atom is -0.493 e. The highest BCUT2D eigenvalue weighted by atomic mass is 16.7. The molecule has 1 aromatic carbocycles. The predicted octanol–water partition coefficient (Wildman–Crippen LogP) is 1.14. The number of nitrogens with two attached hydrogens (primary N) is 1.